The van der Waals surface area contributed by atoms with Crippen LogP contribution in [-0.4, -0.2) is 20.9 Å². The van der Waals surface area contributed by atoms with Gasteiger partial charge in [-0.05, 0) is 36.4 Å². The molecule has 0 saturated carbocycles. The highest BCUT2D eigenvalue weighted by molar-refractivity contribution is 5.87. The van der Waals surface area contributed by atoms with Gasteiger partial charge in [0.15, 0.2) is 17.5 Å². The number of halogens is 6. The van der Waals surface area contributed by atoms with Gasteiger partial charge in [-0.15, -0.1) is 0 Å². The van der Waals surface area contributed by atoms with E-state index in [2.05, 4.69) is 10.4 Å². The maximum absolute atomic E-state index is 13.6. The van der Waals surface area contributed by atoms with Crippen LogP contribution in [0.25, 0.3) is 16.9 Å². The number of hydrogen-bond acceptors (Lipinski definition) is 3. The van der Waals surface area contributed by atoms with E-state index in [0.717, 1.165) is 24.3 Å². The predicted octanol–water partition coefficient (Wildman–Crippen LogP) is 6.29. The molecule has 5 nitrogen and oxygen atoms in total. The third-order valence-electron chi connectivity index (χ3n) is 5.12. The van der Waals surface area contributed by atoms with Crippen molar-refractivity contribution in [2.24, 2.45) is 0 Å². The molecule has 4 aromatic rings. The maximum atomic E-state index is 13.6. The van der Waals surface area contributed by atoms with Gasteiger partial charge < -0.3 is 10.4 Å². The summed E-state index contributed by atoms with van der Waals surface area (Å²) in [7, 11) is 0. The molecule has 35 heavy (non-hydrogen) atoms. The molecule has 0 bridgehead atoms. The zero-order valence-electron chi connectivity index (χ0n) is 17.6. The molecule has 1 heterocycles. The fourth-order valence-electron chi connectivity index (χ4n) is 3.34. The summed E-state index contributed by atoms with van der Waals surface area (Å²) >= 11 is 0. The number of anilines is 1. The van der Waals surface area contributed by atoms with Crippen LogP contribution in [0.5, 0.6) is 0 Å². The highest BCUT2D eigenvalue weighted by Gasteiger charge is 2.30. The molecule has 4 rings (SSSR count). The summed E-state index contributed by atoms with van der Waals surface area (Å²) < 4.78 is 80.6. The van der Waals surface area contributed by atoms with Crippen LogP contribution in [0.4, 0.5) is 32.0 Å². The number of hydrogen-bond donors (Lipinski definition) is 2. The fraction of sp³-hybridized carbons (Fsp3) is 0.0833. The van der Waals surface area contributed by atoms with Crippen LogP contribution in [0.1, 0.15) is 21.5 Å². The molecule has 0 amide bonds. The lowest BCUT2D eigenvalue weighted by atomic mass is 10.1. The van der Waals surface area contributed by atoms with Gasteiger partial charge in [-0.25, -0.2) is 22.6 Å². The SMILES string of the molecule is O=C(O)c1ccc(-n2cc(CNc3cc(F)c(F)c(F)c3)c(-c3ccc(C(F)(F)F)cc3)n2)cc1. The second-order valence-electron chi connectivity index (χ2n) is 7.48. The number of aromatic nitrogens is 2. The van der Waals surface area contributed by atoms with E-state index in [1.807, 2.05) is 0 Å². The lowest BCUT2D eigenvalue weighted by Crippen LogP contribution is -2.04. The molecule has 0 aliphatic heterocycles. The molecule has 0 radical (unpaired) electrons. The Morgan fingerprint density at radius 2 is 1.54 bits per heavy atom. The van der Waals surface area contributed by atoms with Crippen molar-refractivity contribution in [3.63, 3.8) is 0 Å². The van der Waals surface area contributed by atoms with E-state index >= 15 is 0 Å². The number of alkyl halides is 3. The van der Waals surface area contributed by atoms with Gasteiger partial charge in [0, 0.05) is 41.7 Å². The zero-order chi connectivity index (χ0) is 25.3. The van der Waals surface area contributed by atoms with Crippen molar-refractivity contribution in [2.75, 3.05) is 5.32 Å². The average Bonchev–Trinajstić information content (AvgIpc) is 3.25. The smallest absolute Gasteiger partial charge is 0.416 e. The van der Waals surface area contributed by atoms with Gasteiger partial charge >= 0.3 is 12.1 Å². The summed E-state index contributed by atoms with van der Waals surface area (Å²) in [6, 6.07) is 11.5. The number of aromatic carboxylic acids is 1. The first kappa shape index (κ1) is 23.9. The van der Waals surface area contributed by atoms with Crippen LogP contribution in [0.3, 0.4) is 0 Å². The molecule has 0 unspecified atom stereocenters. The summed E-state index contributed by atoms with van der Waals surface area (Å²) in [6.07, 6.45) is -2.99. The summed E-state index contributed by atoms with van der Waals surface area (Å²) in [4.78, 5) is 11.1. The van der Waals surface area contributed by atoms with Crippen LogP contribution in [0.2, 0.25) is 0 Å². The second-order valence-corrected chi connectivity index (χ2v) is 7.48. The predicted molar refractivity (Wildman–Crippen MR) is 115 cm³/mol. The number of carboxylic acid groups (broad SMARTS) is 1. The number of rotatable bonds is 6. The van der Waals surface area contributed by atoms with E-state index in [-0.39, 0.29) is 23.5 Å². The Kier molecular flexibility index (Phi) is 6.25. The fourth-order valence-corrected chi connectivity index (χ4v) is 3.34. The quantitative estimate of drug-likeness (QED) is 0.246. The second kappa shape index (κ2) is 9.16. The molecule has 1 aromatic heterocycles. The highest BCUT2D eigenvalue weighted by Crippen LogP contribution is 2.32. The highest BCUT2D eigenvalue weighted by atomic mass is 19.4. The van der Waals surface area contributed by atoms with Crippen molar-refractivity contribution in [1.29, 1.82) is 0 Å². The van der Waals surface area contributed by atoms with Gasteiger partial charge in [-0.3, -0.25) is 0 Å². The van der Waals surface area contributed by atoms with Crippen LogP contribution in [0, 0.1) is 17.5 Å². The van der Waals surface area contributed by atoms with Crippen LogP contribution < -0.4 is 5.32 Å². The largest absolute Gasteiger partial charge is 0.478 e. The minimum absolute atomic E-state index is 0.0473. The number of nitrogens with one attached hydrogen (secondary N) is 1. The molecular weight excluding hydrogens is 476 g/mol. The van der Waals surface area contributed by atoms with Crippen LogP contribution >= 0.6 is 0 Å². The minimum atomic E-state index is -4.52. The Bertz CT molecular complexity index is 1360. The van der Waals surface area contributed by atoms with Gasteiger partial charge in [0.1, 0.15) is 0 Å². The van der Waals surface area contributed by atoms with Gasteiger partial charge in [0.25, 0.3) is 0 Å². The Morgan fingerprint density at radius 3 is 2.09 bits per heavy atom. The Balaban J connectivity index is 1.71. The molecule has 0 fully saturated rings. The van der Waals surface area contributed by atoms with Crippen molar-refractivity contribution in [3.8, 4) is 16.9 Å². The number of benzene rings is 3. The topological polar surface area (TPSA) is 67.2 Å². The molecule has 0 aliphatic rings. The van der Waals surface area contributed by atoms with Gasteiger partial charge in [0.2, 0.25) is 0 Å². The van der Waals surface area contributed by atoms with Crippen molar-refractivity contribution in [2.45, 2.75) is 12.7 Å². The van der Waals surface area contributed by atoms with Crippen molar-refractivity contribution < 1.29 is 36.2 Å². The van der Waals surface area contributed by atoms with Gasteiger partial charge in [0.05, 0.1) is 22.5 Å². The van der Waals surface area contributed by atoms with E-state index in [1.165, 1.54) is 47.3 Å². The molecule has 0 atom stereocenters. The molecule has 11 heteroatoms. The van der Waals surface area contributed by atoms with Gasteiger partial charge in [-0.2, -0.15) is 18.3 Å². The van der Waals surface area contributed by atoms with E-state index in [4.69, 9.17) is 5.11 Å². The number of carbonyl (C=O) groups is 1. The Morgan fingerprint density at radius 1 is 0.943 bits per heavy atom. The Labute approximate surface area is 194 Å². The average molecular weight is 491 g/mol. The molecule has 0 aliphatic carbocycles. The standard InChI is InChI=1S/C24H15F6N3O2/c25-19-9-17(10-20(26)21(19)27)31-11-15-12-33(18-7-3-14(4-8-18)23(34)35)32-22(15)13-1-5-16(6-2-13)24(28,29)30/h1-10,12,31H,11H2,(H,34,35). The van der Waals surface area contributed by atoms with E-state index in [9.17, 15) is 31.1 Å². The van der Waals surface area contributed by atoms with Crippen LogP contribution in [0.15, 0.2) is 66.9 Å². The van der Waals surface area contributed by atoms with Crippen LogP contribution in [-0.2, 0) is 12.7 Å². The lowest BCUT2D eigenvalue weighted by Gasteiger charge is -2.09. The van der Waals surface area contributed by atoms with E-state index in [0.29, 0.717) is 16.8 Å². The van der Waals surface area contributed by atoms with Gasteiger partial charge in [-0.1, -0.05) is 12.1 Å². The minimum Gasteiger partial charge on any atom is -0.478 e. The summed E-state index contributed by atoms with van der Waals surface area (Å²) in [5, 5.41) is 16.2. The molecule has 0 saturated heterocycles. The van der Waals surface area contributed by atoms with E-state index in [1.54, 1.807) is 0 Å². The van der Waals surface area contributed by atoms with Crippen molar-refractivity contribution >= 4 is 11.7 Å². The molecule has 3 aromatic carbocycles. The third-order valence-corrected chi connectivity index (χ3v) is 5.12. The normalized spacial score (nSPS) is 11.5. The molecule has 180 valence electrons. The molecule has 0 spiro atoms. The third kappa shape index (κ3) is 5.13. The summed E-state index contributed by atoms with van der Waals surface area (Å²) in [6.45, 7) is -0.0614. The monoisotopic (exact) mass is 491 g/mol. The maximum Gasteiger partial charge on any atom is 0.416 e. The summed E-state index contributed by atoms with van der Waals surface area (Å²) in [5.74, 6) is -5.50. The lowest BCUT2D eigenvalue weighted by molar-refractivity contribution is -0.137. The number of nitrogens with zero attached hydrogens (tertiary/aromatic N) is 2. The van der Waals surface area contributed by atoms with Crippen molar-refractivity contribution in [1.82, 2.24) is 9.78 Å². The first-order valence-corrected chi connectivity index (χ1v) is 10.0. The van der Waals surface area contributed by atoms with E-state index < -0.39 is 35.2 Å². The zero-order valence-corrected chi connectivity index (χ0v) is 17.6. The Hall–Kier alpha value is -4.28. The number of carboxylic acids is 1. The van der Waals surface area contributed by atoms with Crippen molar-refractivity contribution in [3.05, 3.63) is 101 Å². The molecule has 2 N–H and O–H groups in total. The first-order chi connectivity index (χ1) is 16.5. The first-order valence-electron chi connectivity index (χ1n) is 10.0. The molecular formula is C24H15F6N3O2. The summed E-state index contributed by atoms with van der Waals surface area (Å²) in [5.41, 5.74) is 0.667.